The van der Waals surface area contributed by atoms with Gasteiger partial charge < -0.3 is 15.1 Å². The molecular formula is C20H25N5O2. The lowest BCUT2D eigenvalue weighted by Gasteiger charge is -2.32. The van der Waals surface area contributed by atoms with Gasteiger partial charge >= 0.3 is 0 Å². The Morgan fingerprint density at radius 3 is 2.52 bits per heavy atom. The molecule has 0 unspecified atom stereocenters. The van der Waals surface area contributed by atoms with Gasteiger partial charge in [-0.2, -0.15) is 0 Å². The average Bonchev–Trinajstić information content (AvgIpc) is 2.68. The first-order valence-corrected chi connectivity index (χ1v) is 9.10. The third kappa shape index (κ3) is 4.61. The highest BCUT2D eigenvalue weighted by atomic mass is 16.2. The van der Waals surface area contributed by atoms with Crippen LogP contribution in [0.25, 0.3) is 0 Å². The molecule has 1 aliphatic rings. The minimum absolute atomic E-state index is 0.0130. The second-order valence-corrected chi connectivity index (χ2v) is 7.07. The zero-order chi connectivity index (χ0) is 19.4. The van der Waals surface area contributed by atoms with Gasteiger partial charge in [-0.3, -0.25) is 14.6 Å². The predicted octanol–water partition coefficient (Wildman–Crippen LogP) is 2.34. The molecule has 3 rings (SSSR count). The van der Waals surface area contributed by atoms with E-state index in [2.05, 4.69) is 26.3 Å². The molecule has 1 fully saturated rings. The van der Waals surface area contributed by atoms with Crippen molar-refractivity contribution in [3.63, 3.8) is 0 Å². The molecule has 0 aliphatic carbocycles. The van der Waals surface area contributed by atoms with Crippen molar-refractivity contribution in [3.8, 4) is 0 Å². The molecular weight excluding hydrogens is 342 g/mol. The summed E-state index contributed by atoms with van der Waals surface area (Å²) < 4.78 is 0. The summed E-state index contributed by atoms with van der Waals surface area (Å²) in [5, 5.41) is 2.92. The van der Waals surface area contributed by atoms with Crippen molar-refractivity contribution in [1.29, 1.82) is 0 Å². The smallest absolute Gasteiger partial charge is 0.272 e. The monoisotopic (exact) mass is 367 g/mol. The lowest BCUT2D eigenvalue weighted by molar-refractivity contribution is -0.120. The Labute approximate surface area is 159 Å². The van der Waals surface area contributed by atoms with Gasteiger partial charge in [0.2, 0.25) is 5.91 Å². The van der Waals surface area contributed by atoms with Crippen molar-refractivity contribution < 1.29 is 9.59 Å². The number of hydrogen-bond acceptors (Lipinski definition) is 5. The lowest BCUT2D eigenvalue weighted by atomic mass is 9.95. The van der Waals surface area contributed by atoms with Gasteiger partial charge in [-0.15, -0.1) is 0 Å². The number of anilines is 2. The van der Waals surface area contributed by atoms with Crippen molar-refractivity contribution in [1.82, 2.24) is 14.9 Å². The van der Waals surface area contributed by atoms with E-state index in [9.17, 15) is 9.59 Å². The molecule has 2 aromatic rings. The quantitative estimate of drug-likeness (QED) is 0.897. The summed E-state index contributed by atoms with van der Waals surface area (Å²) >= 11 is 0. The molecule has 3 heterocycles. The van der Waals surface area contributed by atoms with Crippen molar-refractivity contribution in [2.75, 3.05) is 37.4 Å². The summed E-state index contributed by atoms with van der Waals surface area (Å²) in [4.78, 5) is 36.8. The Morgan fingerprint density at radius 1 is 1.15 bits per heavy atom. The summed E-state index contributed by atoms with van der Waals surface area (Å²) in [6.07, 6.45) is 4.95. The summed E-state index contributed by atoms with van der Waals surface area (Å²) in [5.74, 6) is 0.708. The molecule has 0 bridgehead atoms. The highest BCUT2D eigenvalue weighted by Gasteiger charge is 2.26. The van der Waals surface area contributed by atoms with Gasteiger partial charge in [-0.05, 0) is 43.5 Å². The van der Waals surface area contributed by atoms with E-state index in [1.54, 1.807) is 26.2 Å². The van der Waals surface area contributed by atoms with Crippen LogP contribution in [0.3, 0.4) is 0 Å². The van der Waals surface area contributed by atoms with Crippen LogP contribution in [-0.2, 0) is 4.79 Å². The standard InChI is InChI=1S/C20H25N5O2/c1-14-4-5-18(22-13-14)25-10-7-15(8-11-25)19(26)23-16-6-9-21-17(12-16)20(27)24(2)3/h4-6,9,12-13,15H,7-8,10-11H2,1-3H3,(H,21,23,26). The number of hydrogen-bond donors (Lipinski definition) is 1. The zero-order valence-corrected chi connectivity index (χ0v) is 16.0. The second-order valence-electron chi connectivity index (χ2n) is 7.07. The minimum atomic E-state index is -0.190. The number of nitrogens with one attached hydrogen (secondary N) is 1. The van der Waals surface area contributed by atoms with E-state index in [1.165, 1.54) is 11.1 Å². The lowest BCUT2D eigenvalue weighted by Crippen LogP contribution is -2.38. The molecule has 1 aliphatic heterocycles. The number of aryl methyl sites for hydroxylation is 1. The van der Waals surface area contributed by atoms with E-state index in [1.807, 2.05) is 19.2 Å². The van der Waals surface area contributed by atoms with Gasteiger partial charge in [0, 0.05) is 51.2 Å². The molecule has 27 heavy (non-hydrogen) atoms. The van der Waals surface area contributed by atoms with Gasteiger partial charge in [0.25, 0.3) is 5.91 Å². The molecule has 1 saturated heterocycles. The molecule has 7 nitrogen and oxygen atoms in total. The Balaban J connectivity index is 1.57. The second kappa shape index (κ2) is 8.16. The van der Waals surface area contributed by atoms with Crippen LogP contribution in [0.5, 0.6) is 0 Å². The molecule has 2 aromatic heterocycles. The van der Waals surface area contributed by atoms with E-state index in [-0.39, 0.29) is 17.7 Å². The van der Waals surface area contributed by atoms with Crippen molar-refractivity contribution >= 4 is 23.3 Å². The van der Waals surface area contributed by atoms with Crippen LogP contribution in [0, 0.1) is 12.8 Å². The fraction of sp³-hybridized carbons (Fsp3) is 0.400. The van der Waals surface area contributed by atoms with Crippen molar-refractivity contribution in [2.45, 2.75) is 19.8 Å². The van der Waals surface area contributed by atoms with Crippen LogP contribution < -0.4 is 10.2 Å². The first kappa shape index (κ1) is 18.8. The largest absolute Gasteiger partial charge is 0.357 e. The van der Waals surface area contributed by atoms with Crippen molar-refractivity contribution in [3.05, 3.63) is 47.9 Å². The van der Waals surface area contributed by atoms with E-state index < -0.39 is 0 Å². The third-order valence-corrected chi connectivity index (χ3v) is 4.74. The van der Waals surface area contributed by atoms with Crippen LogP contribution >= 0.6 is 0 Å². The molecule has 0 radical (unpaired) electrons. The first-order chi connectivity index (χ1) is 12.9. The molecule has 142 valence electrons. The summed E-state index contributed by atoms with van der Waals surface area (Å²) in [5.41, 5.74) is 2.05. The van der Waals surface area contributed by atoms with E-state index in [4.69, 9.17) is 0 Å². The number of carbonyl (C=O) groups is 2. The number of amides is 2. The van der Waals surface area contributed by atoms with Gasteiger partial charge in [-0.25, -0.2) is 4.98 Å². The topological polar surface area (TPSA) is 78.4 Å². The van der Waals surface area contributed by atoms with Crippen LogP contribution in [-0.4, -0.2) is 53.9 Å². The van der Waals surface area contributed by atoms with Crippen LogP contribution in [0.2, 0.25) is 0 Å². The predicted molar refractivity (Wildman–Crippen MR) is 105 cm³/mol. The van der Waals surface area contributed by atoms with E-state index in [0.717, 1.165) is 37.3 Å². The molecule has 1 N–H and O–H groups in total. The SMILES string of the molecule is Cc1ccc(N2CCC(C(=O)Nc3ccnc(C(=O)N(C)C)c3)CC2)nc1. The van der Waals surface area contributed by atoms with Crippen LogP contribution in [0.4, 0.5) is 11.5 Å². The highest BCUT2D eigenvalue weighted by Crippen LogP contribution is 2.23. The Hall–Kier alpha value is -2.96. The molecule has 7 heteroatoms. The number of carbonyl (C=O) groups excluding carboxylic acids is 2. The fourth-order valence-electron chi connectivity index (χ4n) is 3.12. The normalized spacial score (nSPS) is 14.7. The maximum atomic E-state index is 12.6. The van der Waals surface area contributed by atoms with E-state index >= 15 is 0 Å². The molecule has 2 amide bonds. The highest BCUT2D eigenvalue weighted by molar-refractivity contribution is 5.96. The van der Waals surface area contributed by atoms with E-state index in [0.29, 0.717) is 11.4 Å². The number of pyridine rings is 2. The summed E-state index contributed by atoms with van der Waals surface area (Å²) in [6, 6.07) is 7.40. The summed E-state index contributed by atoms with van der Waals surface area (Å²) in [6.45, 7) is 3.62. The minimum Gasteiger partial charge on any atom is -0.357 e. The molecule has 0 spiro atoms. The number of nitrogens with zero attached hydrogens (tertiary/aromatic N) is 4. The van der Waals surface area contributed by atoms with Crippen LogP contribution in [0.1, 0.15) is 28.9 Å². The summed E-state index contributed by atoms with van der Waals surface area (Å²) in [7, 11) is 3.35. The van der Waals surface area contributed by atoms with Gasteiger partial charge in [-0.1, -0.05) is 6.07 Å². The zero-order valence-electron chi connectivity index (χ0n) is 16.0. The maximum absolute atomic E-state index is 12.6. The number of rotatable bonds is 4. The van der Waals surface area contributed by atoms with Crippen LogP contribution in [0.15, 0.2) is 36.7 Å². The number of piperidine rings is 1. The molecule has 0 saturated carbocycles. The Kier molecular flexibility index (Phi) is 5.69. The molecule has 0 aromatic carbocycles. The fourth-order valence-corrected chi connectivity index (χ4v) is 3.12. The van der Waals surface area contributed by atoms with Gasteiger partial charge in [0.05, 0.1) is 0 Å². The first-order valence-electron chi connectivity index (χ1n) is 9.10. The third-order valence-electron chi connectivity index (χ3n) is 4.74. The van der Waals surface area contributed by atoms with Crippen molar-refractivity contribution in [2.24, 2.45) is 5.92 Å². The van der Waals surface area contributed by atoms with Gasteiger partial charge in [0.1, 0.15) is 11.5 Å². The van der Waals surface area contributed by atoms with Gasteiger partial charge in [0.15, 0.2) is 0 Å². The number of aromatic nitrogens is 2. The molecule has 0 atom stereocenters. The average molecular weight is 367 g/mol. The maximum Gasteiger partial charge on any atom is 0.272 e. The Bertz CT molecular complexity index is 811. The Morgan fingerprint density at radius 2 is 1.89 bits per heavy atom.